The van der Waals surface area contributed by atoms with E-state index in [9.17, 15) is 5.11 Å². The number of benzene rings is 3. The molecule has 0 spiro atoms. The van der Waals surface area contributed by atoms with Crippen molar-refractivity contribution in [3.63, 3.8) is 0 Å². The second-order valence-electron chi connectivity index (χ2n) is 8.97. The molecule has 0 heterocycles. The molecule has 0 fully saturated rings. The first kappa shape index (κ1) is 26.7. The van der Waals surface area contributed by atoms with Crippen LogP contribution in [0, 0.1) is 0 Å². The van der Waals surface area contributed by atoms with Crippen LogP contribution >= 0.6 is 0 Å². The summed E-state index contributed by atoms with van der Waals surface area (Å²) >= 11 is 0. The Kier molecular flexibility index (Phi) is 9.65. The number of hydrogen-bond acceptors (Lipinski definition) is 3. The SMILES string of the molecule is CCc1ccc(OCc2cccc(O)c2COc2ccc(CC)c(CC)c2CC)c(CC)c1CC. The topological polar surface area (TPSA) is 38.7 Å². The van der Waals surface area contributed by atoms with Gasteiger partial charge in [-0.1, -0.05) is 65.8 Å². The van der Waals surface area contributed by atoms with Gasteiger partial charge in [0.1, 0.15) is 30.5 Å². The standard InChI is InChI=1S/C32H42O3/c1-7-22-16-18-31(27(11-5)25(22)9-3)34-20-24-14-13-15-30(33)29(24)21-35-32-19-17-23(8-2)26(10-4)28(32)12-6/h13-19,33H,7-12,20-21H2,1-6H3. The molecule has 0 saturated carbocycles. The van der Waals surface area contributed by atoms with Gasteiger partial charge >= 0.3 is 0 Å². The van der Waals surface area contributed by atoms with E-state index < -0.39 is 0 Å². The lowest BCUT2D eigenvalue weighted by atomic mass is 9.94. The van der Waals surface area contributed by atoms with Crippen LogP contribution in [0.3, 0.4) is 0 Å². The molecule has 0 saturated heterocycles. The van der Waals surface area contributed by atoms with Gasteiger partial charge in [0.15, 0.2) is 0 Å². The van der Waals surface area contributed by atoms with E-state index in [1.165, 1.54) is 33.4 Å². The van der Waals surface area contributed by atoms with Crippen LogP contribution in [0.2, 0.25) is 0 Å². The van der Waals surface area contributed by atoms with Crippen molar-refractivity contribution in [2.45, 2.75) is 93.3 Å². The highest BCUT2D eigenvalue weighted by molar-refractivity contribution is 5.47. The van der Waals surface area contributed by atoms with Gasteiger partial charge in [0, 0.05) is 5.56 Å². The zero-order valence-corrected chi connectivity index (χ0v) is 22.5. The Hall–Kier alpha value is -2.94. The highest BCUT2D eigenvalue weighted by Gasteiger charge is 2.16. The van der Waals surface area contributed by atoms with Crippen molar-refractivity contribution >= 4 is 0 Å². The van der Waals surface area contributed by atoms with Crippen LogP contribution in [-0.2, 0) is 51.7 Å². The average Bonchev–Trinajstić information content (AvgIpc) is 2.89. The zero-order chi connectivity index (χ0) is 25.4. The van der Waals surface area contributed by atoms with E-state index in [1.807, 2.05) is 12.1 Å². The van der Waals surface area contributed by atoms with Crippen molar-refractivity contribution in [2.24, 2.45) is 0 Å². The number of rotatable bonds is 12. The molecule has 0 aliphatic carbocycles. The molecular weight excluding hydrogens is 432 g/mol. The Morgan fingerprint density at radius 2 is 0.971 bits per heavy atom. The summed E-state index contributed by atoms with van der Waals surface area (Å²) < 4.78 is 12.7. The number of aromatic hydroxyl groups is 1. The molecule has 0 unspecified atom stereocenters. The summed E-state index contributed by atoms with van der Waals surface area (Å²) in [5.41, 5.74) is 9.88. The molecule has 0 radical (unpaired) electrons. The molecule has 0 aromatic heterocycles. The molecule has 3 nitrogen and oxygen atoms in total. The Labute approximate surface area is 212 Å². The van der Waals surface area contributed by atoms with Crippen LogP contribution in [-0.4, -0.2) is 5.11 Å². The minimum atomic E-state index is 0.247. The predicted octanol–water partition coefficient (Wildman–Crippen LogP) is 7.92. The van der Waals surface area contributed by atoms with Crippen molar-refractivity contribution in [1.29, 1.82) is 0 Å². The van der Waals surface area contributed by atoms with Crippen molar-refractivity contribution < 1.29 is 14.6 Å². The fourth-order valence-electron chi connectivity index (χ4n) is 5.26. The molecule has 3 rings (SSSR count). The van der Waals surface area contributed by atoms with E-state index in [0.717, 1.165) is 61.2 Å². The highest BCUT2D eigenvalue weighted by atomic mass is 16.5. The van der Waals surface area contributed by atoms with Crippen LogP contribution in [0.5, 0.6) is 17.2 Å². The lowest BCUT2D eigenvalue weighted by Crippen LogP contribution is -2.08. The van der Waals surface area contributed by atoms with Crippen molar-refractivity contribution in [3.8, 4) is 17.2 Å². The Morgan fingerprint density at radius 3 is 1.43 bits per heavy atom. The largest absolute Gasteiger partial charge is 0.508 e. The third-order valence-corrected chi connectivity index (χ3v) is 7.15. The molecule has 1 N–H and O–H groups in total. The number of aryl methyl sites for hydroxylation is 2. The second-order valence-corrected chi connectivity index (χ2v) is 8.97. The van der Waals surface area contributed by atoms with Gasteiger partial charge in [-0.15, -0.1) is 0 Å². The first-order valence-corrected chi connectivity index (χ1v) is 13.3. The molecule has 0 amide bonds. The number of ether oxygens (including phenoxy) is 2. The van der Waals surface area contributed by atoms with Gasteiger partial charge in [-0.3, -0.25) is 0 Å². The highest BCUT2D eigenvalue weighted by Crippen LogP contribution is 2.32. The molecule has 0 bridgehead atoms. The van der Waals surface area contributed by atoms with Crippen LogP contribution in [0.4, 0.5) is 0 Å². The van der Waals surface area contributed by atoms with Crippen molar-refractivity contribution in [3.05, 3.63) is 87.0 Å². The fourth-order valence-corrected chi connectivity index (χ4v) is 5.26. The monoisotopic (exact) mass is 474 g/mol. The first-order valence-electron chi connectivity index (χ1n) is 13.3. The van der Waals surface area contributed by atoms with Gasteiger partial charge in [0.25, 0.3) is 0 Å². The zero-order valence-electron chi connectivity index (χ0n) is 22.5. The minimum Gasteiger partial charge on any atom is -0.508 e. The van der Waals surface area contributed by atoms with Crippen LogP contribution in [0.25, 0.3) is 0 Å². The number of phenols is 1. The molecule has 3 aromatic rings. The van der Waals surface area contributed by atoms with E-state index in [2.05, 4.69) is 65.8 Å². The van der Waals surface area contributed by atoms with Crippen molar-refractivity contribution in [1.82, 2.24) is 0 Å². The summed E-state index contributed by atoms with van der Waals surface area (Å²) in [4.78, 5) is 0. The van der Waals surface area contributed by atoms with E-state index in [1.54, 1.807) is 6.07 Å². The Bertz CT molecular complexity index is 1130. The molecule has 0 aliphatic heterocycles. The van der Waals surface area contributed by atoms with Crippen LogP contribution < -0.4 is 9.47 Å². The molecule has 3 heteroatoms. The van der Waals surface area contributed by atoms with E-state index in [0.29, 0.717) is 13.2 Å². The molecule has 0 aliphatic rings. The van der Waals surface area contributed by atoms with Crippen molar-refractivity contribution in [2.75, 3.05) is 0 Å². The van der Waals surface area contributed by atoms with Crippen LogP contribution in [0.15, 0.2) is 42.5 Å². The molecule has 35 heavy (non-hydrogen) atoms. The van der Waals surface area contributed by atoms with E-state index >= 15 is 0 Å². The van der Waals surface area contributed by atoms with Gasteiger partial charge in [-0.25, -0.2) is 0 Å². The minimum absolute atomic E-state index is 0.247. The average molecular weight is 475 g/mol. The molecule has 188 valence electrons. The maximum Gasteiger partial charge on any atom is 0.123 e. The lowest BCUT2D eigenvalue weighted by Gasteiger charge is -2.20. The lowest BCUT2D eigenvalue weighted by molar-refractivity contribution is 0.277. The maximum atomic E-state index is 10.7. The van der Waals surface area contributed by atoms with Crippen LogP contribution in [0.1, 0.15) is 86.1 Å². The number of hydrogen-bond donors (Lipinski definition) is 1. The van der Waals surface area contributed by atoms with E-state index in [4.69, 9.17) is 9.47 Å². The smallest absolute Gasteiger partial charge is 0.123 e. The summed E-state index contributed by atoms with van der Waals surface area (Å²) in [6.45, 7) is 13.9. The summed E-state index contributed by atoms with van der Waals surface area (Å²) in [6, 6.07) is 14.2. The summed E-state index contributed by atoms with van der Waals surface area (Å²) in [5, 5.41) is 10.7. The fraction of sp³-hybridized carbons (Fsp3) is 0.438. The normalized spacial score (nSPS) is 11.0. The molecule has 3 aromatic carbocycles. The maximum absolute atomic E-state index is 10.7. The third-order valence-electron chi connectivity index (χ3n) is 7.15. The van der Waals surface area contributed by atoms with Gasteiger partial charge in [0.2, 0.25) is 0 Å². The predicted molar refractivity (Wildman–Crippen MR) is 146 cm³/mol. The van der Waals surface area contributed by atoms with Gasteiger partial charge in [-0.2, -0.15) is 0 Å². The second kappa shape index (κ2) is 12.7. The van der Waals surface area contributed by atoms with Gasteiger partial charge in [-0.05, 0) is 95.7 Å². The quantitative estimate of drug-likeness (QED) is 0.290. The first-order chi connectivity index (χ1) is 17.0. The summed E-state index contributed by atoms with van der Waals surface area (Å²) in [5.74, 6) is 2.09. The molecule has 0 atom stereocenters. The van der Waals surface area contributed by atoms with Gasteiger partial charge < -0.3 is 14.6 Å². The number of phenolic OH excluding ortho intramolecular Hbond substituents is 1. The Balaban J connectivity index is 1.85. The molecular formula is C32H42O3. The van der Waals surface area contributed by atoms with Gasteiger partial charge in [0.05, 0.1) is 0 Å². The Morgan fingerprint density at radius 1 is 0.486 bits per heavy atom. The van der Waals surface area contributed by atoms with E-state index in [-0.39, 0.29) is 5.75 Å². The summed E-state index contributed by atoms with van der Waals surface area (Å²) in [6.07, 6.45) is 5.92. The summed E-state index contributed by atoms with van der Waals surface area (Å²) in [7, 11) is 0. The third kappa shape index (κ3) is 5.83.